The first-order chi connectivity index (χ1) is 15.1. The molecule has 0 aliphatic heterocycles. The highest BCUT2D eigenvalue weighted by atomic mass is 16.5. The topological polar surface area (TPSA) is 112 Å². The summed E-state index contributed by atoms with van der Waals surface area (Å²) in [6, 6.07) is 17.7. The van der Waals surface area contributed by atoms with Crippen LogP contribution >= 0.6 is 0 Å². The lowest BCUT2D eigenvalue weighted by molar-refractivity contribution is 0.102. The Hall–Kier alpha value is -4.30. The molecule has 31 heavy (non-hydrogen) atoms. The Kier molecular flexibility index (Phi) is 5.82. The fourth-order valence-corrected chi connectivity index (χ4v) is 2.95. The molecule has 8 heteroatoms. The minimum absolute atomic E-state index is 0.255. The van der Waals surface area contributed by atoms with E-state index in [1.54, 1.807) is 42.9 Å². The average Bonchev–Trinajstić information content (AvgIpc) is 2.82. The number of amides is 1. The zero-order valence-corrected chi connectivity index (χ0v) is 16.7. The molecule has 0 unspecified atom stereocenters. The van der Waals surface area contributed by atoms with E-state index < -0.39 is 0 Å². The highest BCUT2D eigenvalue weighted by molar-refractivity contribution is 6.04. The second-order valence-corrected chi connectivity index (χ2v) is 6.81. The van der Waals surface area contributed by atoms with Gasteiger partial charge in [-0.1, -0.05) is 6.07 Å². The van der Waals surface area contributed by atoms with Crippen LogP contribution in [0.4, 0.5) is 23.0 Å². The predicted octanol–water partition coefficient (Wildman–Crippen LogP) is 4.64. The number of carbonyl (C=O) groups excluding carboxylic acids is 1. The summed E-state index contributed by atoms with van der Waals surface area (Å²) in [6.45, 7) is 1.96. The van der Waals surface area contributed by atoms with E-state index in [-0.39, 0.29) is 5.91 Å². The van der Waals surface area contributed by atoms with Gasteiger partial charge < -0.3 is 10.6 Å². The van der Waals surface area contributed by atoms with E-state index in [9.17, 15) is 4.79 Å². The zero-order valence-electron chi connectivity index (χ0n) is 16.7. The van der Waals surface area contributed by atoms with Gasteiger partial charge in [-0.15, -0.1) is 0 Å². The second kappa shape index (κ2) is 9.02. The van der Waals surface area contributed by atoms with Crippen LogP contribution in [-0.4, -0.2) is 26.1 Å². The maximum Gasteiger partial charge on any atom is 0.255 e. The van der Waals surface area contributed by atoms with Crippen molar-refractivity contribution in [3.63, 3.8) is 0 Å². The van der Waals surface area contributed by atoms with Crippen molar-refractivity contribution in [2.45, 2.75) is 6.92 Å². The third-order valence-electron chi connectivity index (χ3n) is 4.63. The third-order valence-corrected chi connectivity index (χ3v) is 4.63. The standard InChI is InChI=1S/C23H20N6O2/c1-15-4-7-19(26-22(30)16-5-8-18(29-31)9-6-16)13-21(15)28-23-25-12-10-20(27-23)17-3-2-11-24-14-17/h2-14,29,31H,1H3,(H,26,30)(H,25,27,28). The van der Waals surface area contributed by atoms with Crippen LogP contribution in [0.25, 0.3) is 11.3 Å². The molecule has 1 amide bonds. The number of nitrogens with one attached hydrogen (secondary N) is 3. The summed E-state index contributed by atoms with van der Waals surface area (Å²) in [5, 5.41) is 15.0. The first-order valence-corrected chi connectivity index (χ1v) is 9.55. The number of nitrogens with zero attached hydrogens (tertiary/aromatic N) is 3. The summed E-state index contributed by atoms with van der Waals surface area (Å²) in [7, 11) is 0. The van der Waals surface area contributed by atoms with Crippen molar-refractivity contribution in [3.8, 4) is 11.3 Å². The van der Waals surface area contributed by atoms with Gasteiger partial charge in [0.25, 0.3) is 5.91 Å². The molecule has 154 valence electrons. The summed E-state index contributed by atoms with van der Waals surface area (Å²) >= 11 is 0. The Morgan fingerprint density at radius 1 is 0.968 bits per heavy atom. The predicted molar refractivity (Wildman–Crippen MR) is 120 cm³/mol. The molecule has 0 saturated heterocycles. The Morgan fingerprint density at radius 2 is 1.77 bits per heavy atom. The first-order valence-electron chi connectivity index (χ1n) is 9.55. The van der Waals surface area contributed by atoms with E-state index in [2.05, 4.69) is 25.6 Å². The van der Waals surface area contributed by atoms with Gasteiger partial charge in [-0.3, -0.25) is 20.5 Å². The molecule has 4 rings (SSSR count). The quantitative estimate of drug-likeness (QED) is 0.341. The van der Waals surface area contributed by atoms with E-state index >= 15 is 0 Å². The fraction of sp³-hybridized carbons (Fsp3) is 0.0435. The average molecular weight is 412 g/mol. The summed E-state index contributed by atoms with van der Waals surface area (Å²) < 4.78 is 0. The van der Waals surface area contributed by atoms with Crippen molar-refractivity contribution in [1.29, 1.82) is 0 Å². The number of rotatable bonds is 6. The molecule has 0 spiro atoms. The SMILES string of the molecule is Cc1ccc(NC(=O)c2ccc(NO)cc2)cc1Nc1nccc(-c2cccnc2)n1. The van der Waals surface area contributed by atoms with E-state index in [1.807, 2.05) is 48.8 Å². The minimum atomic E-state index is -0.255. The highest BCUT2D eigenvalue weighted by Gasteiger charge is 2.09. The van der Waals surface area contributed by atoms with Crippen LogP contribution in [0.1, 0.15) is 15.9 Å². The van der Waals surface area contributed by atoms with E-state index in [4.69, 9.17) is 5.21 Å². The summed E-state index contributed by atoms with van der Waals surface area (Å²) in [4.78, 5) is 25.5. The van der Waals surface area contributed by atoms with Gasteiger partial charge in [0.2, 0.25) is 5.95 Å². The molecule has 0 aliphatic carbocycles. The lowest BCUT2D eigenvalue weighted by Crippen LogP contribution is -2.12. The molecule has 4 aromatic rings. The van der Waals surface area contributed by atoms with Gasteiger partial charge in [0.1, 0.15) is 0 Å². The molecular formula is C23H20N6O2. The van der Waals surface area contributed by atoms with Gasteiger partial charge in [-0.2, -0.15) is 0 Å². The van der Waals surface area contributed by atoms with Gasteiger partial charge in [0, 0.05) is 41.1 Å². The Balaban J connectivity index is 1.52. The molecule has 2 aromatic heterocycles. The molecule has 0 bridgehead atoms. The number of pyridine rings is 1. The molecule has 0 fully saturated rings. The number of benzene rings is 2. The number of aryl methyl sites for hydroxylation is 1. The van der Waals surface area contributed by atoms with Crippen molar-refractivity contribution in [3.05, 3.63) is 90.4 Å². The number of hydrogen-bond acceptors (Lipinski definition) is 7. The van der Waals surface area contributed by atoms with E-state index in [1.165, 1.54) is 0 Å². The maximum absolute atomic E-state index is 12.5. The molecule has 2 aromatic carbocycles. The van der Waals surface area contributed by atoms with Crippen LogP contribution in [-0.2, 0) is 0 Å². The van der Waals surface area contributed by atoms with Crippen LogP contribution in [0, 0.1) is 6.92 Å². The highest BCUT2D eigenvalue weighted by Crippen LogP contribution is 2.24. The van der Waals surface area contributed by atoms with Gasteiger partial charge >= 0.3 is 0 Å². The summed E-state index contributed by atoms with van der Waals surface area (Å²) in [5.74, 6) is 0.189. The van der Waals surface area contributed by atoms with Crippen LogP contribution < -0.4 is 16.1 Å². The number of aromatic nitrogens is 3. The van der Waals surface area contributed by atoms with Crippen LogP contribution in [0.15, 0.2) is 79.3 Å². The molecule has 8 nitrogen and oxygen atoms in total. The smallest absolute Gasteiger partial charge is 0.255 e. The molecule has 0 saturated carbocycles. The van der Waals surface area contributed by atoms with E-state index in [0.29, 0.717) is 22.9 Å². The Labute approximate surface area is 179 Å². The van der Waals surface area contributed by atoms with Crippen LogP contribution in [0.2, 0.25) is 0 Å². The van der Waals surface area contributed by atoms with Crippen molar-refractivity contribution >= 4 is 28.9 Å². The largest absolute Gasteiger partial charge is 0.324 e. The number of hydrogen-bond donors (Lipinski definition) is 4. The first kappa shape index (κ1) is 20.0. The number of anilines is 4. The molecular weight excluding hydrogens is 392 g/mol. The monoisotopic (exact) mass is 412 g/mol. The van der Waals surface area contributed by atoms with E-state index in [0.717, 1.165) is 22.5 Å². The second-order valence-electron chi connectivity index (χ2n) is 6.81. The molecule has 0 aliphatic rings. The lowest BCUT2D eigenvalue weighted by Gasteiger charge is -2.12. The van der Waals surface area contributed by atoms with Crippen LogP contribution in [0.3, 0.4) is 0 Å². The number of carbonyl (C=O) groups is 1. The summed E-state index contributed by atoms with van der Waals surface area (Å²) in [6.07, 6.45) is 5.14. The van der Waals surface area contributed by atoms with Crippen molar-refractivity contribution in [2.75, 3.05) is 16.1 Å². The van der Waals surface area contributed by atoms with Gasteiger partial charge in [-0.05, 0) is 67.1 Å². The van der Waals surface area contributed by atoms with Crippen molar-refractivity contribution in [2.24, 2.45) is 0 Å². The van der Waals surface area contributed by atoms with Gasteiger partial charge in [-0.25, -0.2) is 9.97 Å². The Morgan fingerprint density at radius 3 is 2.52 bits per heavy atom. The van der Waals surface area contributed by atoms with Crippen molar-refractivity contribution in [1.82, 2.24) is 15.0 Å². The fourth-order valence-electron chi connectivity index (χ4n) is 2.95. The lowest BCUT2D eigenvalue weighted by atomic mass is 10.1. The molecule has 4 N–H and O–H groups in total. The zero-order chi connectivity index (χ0) is 21.6. The van der Waals surface area contributed by atoms with Crippen LogP contribution in [0.5, 0.6) is 0 Å². The van der Waals surface area contributed by atoms with Crippen molar-refractivity contribution < 1.29 is 10.0 Å². The van der Waals surface area contributed by atoms with Gasteiger partial charge in [0.15, 0.2) is 0 Å². The Bertz CT molecular complexity index is 1200. The van der Waals surface area contributed by atoms with Gasteiger partial charge in [0.05, 0.1) is 11.4 Å². The molecule has 0 atom stereocenters. The minimum Gasteiger partial charge on any atom is -0.324 e. The third kappa shape index (κ3) is 4.82. The molecule has 2 heterocycles. The summed E-state index contributed by atoms with van der Waals surface area (Å²) in [5.41, 5.74) is 7.06. The normalized spacial score (nSPS) is 10.4. The maximum atomic E-state index is 12.5. The molecule has 0 radical (unpaired) electrons.